The van der Waals surface area contributed by atoms with Crippen LogP contribution in [-0.4, -0.2) is 37.6 Å². The Bertz CT molecular complexity index is 972. The van der Waals surface area contributed by atoms with E-state index in [0.29, 0.717) is 17.3 Å². The molecule has 136 valence electrons. The Morgan fingerprint density at radius 1 is 1.35 bits per heavy atom. The molecular formula is C17H17N3O5S. The molecule has 8 nitrogen and oxygen atoms in total. The van der Waals surface area contributed by atoms with Crippen LogP contribution in [0, 0.1) is 6.92 Å². The molecule has 2 N–H and O–H groups in total. The van der Waals surface area contributed by atoms with Crippen molar-refractivity contribution < 1.29 is 22.7 Å². The van der Waals surface area contributed by atoms with Gasteiger partial charge in [0.25, 0.3) is 5.91 Å². The summed E-state index contributed by atoms with van der Waals surface area (Å²) in [6, 6.07) is 7.74. The van der Waals surface area contributed by atoms with Crippen molar-refractivity contribution in [3.8, 4) is 5.75 Å². The molecule has 1 aromatic heterocycles. The van der Waals surface area contributed by atoms with Crippen molar-refractivity contribution in [1.29, 1.82) is 0 Å². The molecule has 2 heterocycles. The molecule has 0 saturated carbocycles. The van der Waals surface area contributed by atoms with E-state index in [-0.39, 0.29) is 29.6 Å². The number of carbonyl (C=O) groups excluding carboxylic acids is 2. The number of aryl methyl sites for hydroxylation is 1. The van der Waals surface area contributed by atoms with Crippen LogP contribution >= 0.6 is 0 Å². The molecule has 0 unspecified atom stereocenters. The normalized spacial score (nSPS) is 13.3. The van der Waals surface area contributed by atoms with Crippen LogP contribution in [-0.2, 0) is 19.4 Å². The molecular weight excluding hydrogens is 358 g/mol. The summed E-state index contributed by atoms with van der Waals surface area (Å²) in [5, 5.41) is 5.19. The van der Waals surface area contributed by atoms with Crippen molar-refractivity contribution in [2.45, 2.75) is 18.2 Å². The number of carbonyl (C=O) groups is 2. The SMILES string of the molecule is Cc1cccnc1NC(=O)CCS(=O)(=O)c1ccc2c(c1)OCC(=O)N2. The number of anilines is 2. The van der Waals surface area contributed by atoms with Crippen molar-refractivity contribution in [2.75, 3.05) is 23.0 Å². The van der Waals surface area contributed by atoms with Gasteiger partial charge in [0, 0.05) is 18.7 Å². The summed E-state index contributed by atoms with van der Waals surface area (Å²) in [7, 11) is -3.68. The number of nitrogens with one attached hydrogen (secondary N) is 2. The van der Waals surface area contributed by atoms with Crippen LogP contribution < -0.4 is 15.4 Å². The van der Waals surface area contributed by atoms with Gasteiger partial charge in [0.2, 0.25) is 5.91 Å². The van der Waals surface area contributed by atoms with Gasteiger partial charge in [-0.25, -0.2) is 13.4 Å². The standard InChI is InChI=1S/C17H17N3O5S/c1-11-3-2-7-18-17(11)20-15(21)6-8-26(23,24)12-4-5-13-14(9-12)25-10-16(22)19-13/h2-5,7,9H,6,8,10H2,1H3,(H,19,22)(H,18,20,21). The number of ether oxygens (including phenoxy) is 1. The number of amides is 2. The number of pyridine rings is 1. The first-order valence-electron chi connectivity index (χ1n) is 7.86. The van der Waals surface area contributed by atoms with Gasteiger partial charge in [0.1, 0.15) is 11.6 Å². The van der Waals surface area contributed by atoms with E-state index >= 15 is 0 Å². The lowest BCUT2D eigenvalue weighted by Gasteiger charge is -2.18. The highest BCUT2D eigenvalue weighted by atomic mass is 32.2. The van der Waals surface area contributed by atoms with Crippen molar-refractivity contribution in [1.82, 2.24) is 4.98 Å². The maximum Gasteiger partial charge on any atom is 0.262 e. The minimum Gasteiger partial charge on any atom is -0.482 e. The van der Waals surface area contributed by atoms with Crippen molar-refractivity contribution in [3.63, 3.8) is 0 Å². The van der Waals surface area contributed by atoms with E-state index < -0.39 is 15.7 Å². The fraction of sp³-hybridized carbons (Fsp3) is 0.235. The molecule has 2 amide bonds. The van der Waals surface area contributed by atoms with Crippen LogP contribution in [0.25, 0.3) is 0 Å². The minimum absolute atomic E-state index is 0.0363. The van der Waals surface area contributed by atoms with E-state index in [2.05, 4.69) is 15.6 Å². The summed E-state index contributed by atoms with van der Waals surface area (Å²) in [6.07, 6.45) is 1.35. The maximum absolute atomic E-state index is 12.5. The van der Waals surface area contributed by atoms with Gasteiger partial charge in [-0.15, -0.1) is 0 Å². The maximum atomic E-state index is 12.5. The van der Waals surface area contributed by atoms with Gasteiger partial charge in [0.05, 0.1) is 16.3 Å². The number of rotatable bonds is 5. The molecule has 1 aromatic carbocycles. The molecule has 1 aliphatic heterocycles. The fourth-order valence-corrected chi connectivity index (χ4v) is 3.66. The average Bonchev–Trinajstić information content (AvgIpc) is 2.61. The highest BCUT2D eigenvalue weighted by molar-refractivity contribution is 7.91. The lowest BCUT2D eigenvalue weighted by atomic mass is 10.2. The van der Waals surface area contributed by atoms with E-state index in [9.17, 15) is 18.0 Å². The molecule has 0 aliphatic carbocycles. The first-order chi connectivity index (χ1) is 12.3. The molecule has 0 bridgehead atoms. The highest BCUT2D eigenvalue weighted by Gasteiger charge is 2.22. The Balaban J connectivity index is 1.66. The van der Waals surface area contributed by atoms with E-state index in [1.165, 1.54) is 18.2 Å². The van der Waals surface area contributed by atoms with Gasteiger partial charge >= 0.3 is 0 Å². The summed E-state index contributed by atoms with van der Waals surface area (Å²) < 4.78 is 30.2. The van der Waals surface area contributed by atoms with E-state index in [0.717, 1.165) is 5.56 Å². The third-order valence-corrected chi connectivity index (χ3v) is 5.52. The third kappa shape index (κ3) is 3.99. The first-order valence-corrected chi connectivity index (χ1v) is 9.51. The minimum atomic E-state index is -3.68. The van der Waals surface area contributed by atoms with Crippen LogP contribution in [0.5, 0.6) is 5.75 Å². The molecule has 1 aliphatic rings. The van der Waals surface area contributed by atoms with E-state index in [4.69, 9.17) is 4.74 Å². The van der Waals surface area contributed by atoms with E-state index in [1.807, 2.05) is 0 Å². The van der Waals surface area contributed by atoms with Gasteiger partial charge in [-0.1, -0.05) is 6.07 Å². The summed E-state index contributed by atoms with van der Waals surface area (Å²) in [4.78, 5) is 27.4. The molecule has 9 heteroatoms. The zero-order valence-corrected chi connectivity index (χ0v) is 14.8. The number of benzene rings is 1. The number of sulfone groups is 1. The van der Waals surface area contributed by atoms with Gasteiger partial charge < -0.3 is 15.4 Å². The Hall–Kier alpha value is -2.94. The smallest absolute Gasteiger partial charge is 0.262 e. The second kappa shape index (κ2) is 7.12. The van der Waals surface area contributed by atoms with Crippen molar-refractivity contribution in [2.24, 2.45) is 0 Å². The predicted octanol–water partition coefficient (Wildman–Crippen LogP) is 1.52. The molecule has 0 atom stereocenters. The molecule has 0 fully saturated rings. The van der Waals surface area contributed by atoms with Gasteiger partial charge in [-0.2, -0.15) is 0 Å². The lowest BCUT2D eigenvalue weighted by molar-refractivity contribution is -0.118. The molecule has 26 heavy (non-hydrogen) atoms. The van der Waals surface area contributed by atoms with Gasteiger partial charge in [0.15, 0.2) is 16.4 Å². The van der Waals surface area contributed by atoms with Crippen molar-refractivity contribution >= 4 is 33.2 Å². The Morgan fingerprint density at radius 2 is 2.15 bits per heavy atom. The quantitative estimate of drug-likeness (QED) is 0.819. The average molecular weight is 375 g/mol. The molecule has 0 radical (unpaired) electrons. The van der Waals surface area contributed by atoms with Gasteiger partial charge in [-0.05, 0) is 30.7 Å². The zero-order valence-electron chi connectivity index (χ0n) is 14.0. The lowest BCUT2D eigenvalue weighted by Crippen LogP contribution is -2.25. The molecule has 0 saturated heterocycles. The van der Waals surface area contributed by atoms with Crippen LogP contribution in [0.4, 0.5) is 11.5 Å². The monoisotopic (exact) mass is 375 g/mol. The number of nitrogens with zero attached hydrogens (tertiary/aromatic N) is 1. The summed E-state index contributed by atoms with van der Waals surface area (Å²) in [5.74, 6) is -0.380. The Morgan fingerprint density at radius 3 is 2.92 bits per heavy atom. The fourth-order valence-electron chi connectivity index (χ4n) is 2.40. The van der Waals surface area contributed by atoms with Gasteiger partial charge in [-0.3, -0.25) is 9.59 Å². The number of hydrogen-bond donors (Lipinski definition) is 2. The van der Waals surface area contributed by atoms with Crippen molar-refractivity contribution in [3.05, 3.63) is 42.1 Å². The summed E-state index contributed by atoms with van der Waals surface area (Å²) in [6.45, 7) is 1.63. The van der Waals surface area contributed by atoms with E-state index in [1.54, 1.807) is 25.3 Å². The summed E-state index contributed by atoms with van der Waals surface area (Å²) >= 11 is 0. The molecule has 0 spiro atoms. The topological polar surface area (TPSA) is 114 Å². The number of fused-ring (bicyclic) bond motifs is 1. The van der Waals surface area contributed by atoms with Crippen LogP contribution in [0.15, 0.2) is 41.4 Å². The third-order valence-electron chi connectivity index (χ3n) is 3.81. The Labute approximate surface area is 150 Å². The molecule has 2 aromatic rings. The highest BCUT2D eigenvalue weighted by Crippen LogP contribution is 2.30. The largest absolute Gasteiger partial charge is 0.482 e. The predicted molar refractivity (Wildman–Crippen MR) is 94.8 cm³/mol. The zero-order chi connectivity index (χ0) is 18.7. The first kappa shape index (κ1) is 17.9. The number of aromatic nitrogens is 1. The van der Waals surface area contributed by atoms with Crippen LogP contribution in [0.3, 0.4) is 0 Å². The Kier molecular flexibility index (Phi) is 4.90. The van der Waals surface area contributed by atoms with Crippen LogP contribution in [0.2, 0.25) is 0 Å². The molecule has 3 rings (SSSR count). The second-order valence-corrected chi connectivity index (χ2v) is 7.89. The second-order valence-electron chi connectivity index (χ2n) is 5.78. The van der Waals surface area contributed by atoms with Crippen LogP contribution in [0.1, 0.15) is 12.0 Å². The summed E-state index contributed by atoms with van der Waals surface area (Å²) in [5.41, 5.74) is 1.21. The number of hydrogen-bond acceptors (Lipinski definition) is 6.